The van der Waals surface area contributed by atoms with E-state index in [1.54, 1.807) is 0 Å². The van der Waals surface area contributed by atoms with Crippen molar-refractivity contribution in [2.24, 2.45) is 11.3 Å². The molecule has 0 amide bonds. The van der Waals surface area contributed by atoms with Crippen LogP contribution in [0.1, 0.15) is 57.9 Å². The summed E-state index contributed by atoms with van der Waals surface area (Å²) in [4.78, 5) is 0. The van der Waals surface area contributed by atoms with E-state index in [1.165, 1.54) is 31.2 Å². The number of rotatable bonds is 5. The van der Waals surface area contributed by atoms with Gasteiger partial charge in [-0.05, 0) is 73.7 Å². The minimum Gasteiger partial charge on any atom is -0.316 e. The van der Waals surface area contributed by atoms with Crippen molar-refractivity contribution in [2.45, 2.75) is 52.4 Å². The van der Waals surface area contributed by atoms with E-state index in [2.05, 4.69) is 38.2 Å². The Morgan fingerprint density at radius 1 is 1.24 bits per heavy atom. The van der Waals surface area contributed by atoms with Crippen LogP contribution in [-0.4, -0.2) is 13.1 Å². The van der Waals surface area contributed by atoms with Gasteiger partial charge in [-0.1, -0.05) is 50.0 Å². The Morgan fingerprint density at radius 2 is 2.00 bits per heavy atom. The van der Waals surface area contributed by atoms with Gasteiger partial charge in [-0.25, -0.2) is 0 Å². The number of halogens is 2. The molecule has 118 valence electrons. The summed E-state index contributed by atoms with van der Waals surface area (Å²) in [6, 6.07) is 6.17. The van der Waals surface area contributed by atoms with Crippen LogP contribution >= 0.6 is 23.2 Å². The Bertz CT molecular complexity index is 470. The van der Waals surface area contributed by atoms with E-state index in [9.17, 15) is 0 Å². The molecule has 3 heteroatoms. The Morgan fingerprint density at radius 3 is 2.67 bits per heavy atom. The van der Waals surface area contributed by atoms with Crippen LogP contribution in [0.15, 0.2) is 18.2 Å². The predicted octanol–water partition coefficient (Wildman–Crippen LogP) is 5.90. The molecule has 2 unspecified atom stereocenters. The second-order valence-electron chi connectivity index (χ2n) is 7.15. The van der Waals surface area contributed by atoms with E-state index < -0.39 is 0 Å². The quantitative estimate of drug-likeness (QED) is 0.663. The summed E-state index contributed by atoms with van der Waals surface area (Å²) >= 11 is 12.3. The van der Waals surface area contributed by atoms with Gasteiger partial charge in [-0.15, -0.1) is 0 Å². The molecule has 0 saturated heterocycles. The topological polar surface area (TPSA) is 12.0 Å². The molecule has 1 saturated carbocycles. The zero-order valence-electron chi connectivity index (χ0n) is 13.4. The third-order valence-electron chi connectivity index (χ3n) is 4.74. The molecule has 1 fully saturated rings. The standard InChI is InChI=1S/C18H27Cl2N/c1-4-9-21-12-14-7-8-18(2,3)11-15(14)13-5-6-16(19)17(20)10-13/h5-6,10,14-15,21H,4,7-9,11-12H2,1-3H3. The van der Waals surface area contributed by atoms with Crippen molar-refractivity contribution in [3.8, 4) is 0 Å². The molecule has 1 aliphatic rings. The number of hydrogen-bond acceptors (Lipinski definition) is 1. The van der Waals surface area contributed by atoms with Crippen LogP contribution in [0, 0.1) is 11.3 Å². The first-order valence-corrected chi connectivity index (χ1v) is 8.84. The van der Waals surface area contributed by atoms with Crippen molar-refractivity contribution in [1.82, 2.24) is 5.32 Å². The van der Waals surface area contributed by atoms with Gasteiger partial charge >= 0.3 is 0 Å². The Balaban J connectivity index is 2.17. The first-order valence-electron chi connectivity index (χ1n) is 8.08. The maximum atomic E-state index is 6.23. The van der Waals surface area contributed by atoms with Crippen molar-refractivity contribution in [3.63, 3.8) is 0 Å². The molecule has 1 nitrogen and oxygen atoms in total. The van der Waals surface area contributed by atoms with Gasteiger partial charge in [0.1, 0.15) is 0 Å². The summed E-state index contributed by atoms with van der Waals surface area (Å²) in [6.07, 6.45) is 5.01. The molecule has 0 heterocycles. The first kappa shape index (κ1) is 17.1. The van der Waals surface area contributed by atoms with Crippen LogP contribution in [0.25, 0.3) is 0 Å². The second-order valence-corrected chi connectivity index (χ2v) is 7.97. The second kappa shape index (κ2) is 7.35. The van der Waals surface area contributed by atoms with E-state index in [1.807, 2.05) is 6.07 Å². The van der Waals surface area contributed by atoms with Gasteiger partial charge < -0.3 is 5.32 Å². The fraction of sp³-hybridized carbons (Fsp3) is 0.667. The molecule has 0 radical (unpaired) electrons. The smallest absolute Gasteiger partial charge is 0.0595 e. The molecular formula is C18H27Cl2N. The Kier molecular flexibility index (Phi) is 5.99. The molecule has 1 aliphatic carbocycles. The molecule has 1 aromatic carbocycles. The molecule has 0 aromatic heterocycles. The van der Waals surface area contributed by atoms with Gasteiger partial charge in [0.05, 0.1) is 10.0 Å². The summed E-state index contributed by atoms with van der Waals surface area (Å²) < 4.78 is 0. The third-order valence-corrected chi connectivity index (χ3v) is 5.48. The van der Waals surface area contributed by atoms with Crippen molar-refractivity contribution in [3.05, 3.63) is 33.8 Å². The highest BCUT2D eigenvalue weighted by molar-refractivity contribution is 6.42. The number of nitrogens with one attached hydrogen (secondary N) is 1. The minimum absolute atomic E-state index is 0.415. The first-order chi connectivity index (χ1) is 9.93. The normalized spacial score (nSPS) is 25.0. The lowest BCUT2D eigenvalue weighted by atomic mass is 9.65. The summed E-state index contributed by atoms with van der Waals surface area (Å²) in [5.74, 6) is 1.27. The molecule has 0 aliphatic heterocycles. The molecule has 21 heavy (non-hydrogen) atoms. The van der Waals surface area contributed by atoms with Crippen molar-refractivity contribution >= 4 is 23.2 Å². The molecule has 1 N–H and O–H groups in total. The molecule has 1 aromatic rings. The molecule has 0 bridgehead atoms. The van der Waals surface area contributed by atoms with E-state index in [0.717, 1.165) is 13.1 Å². The monoisotopic (exact) mass is 327 g/mol. The average Bonchev–Trinajstić information content (AvgIpc) is 2.43. The van der Waals surface area contributed by atoms with Gasteiger partial charge in [-0.2, -0.15) is 0 Å². The average molecular weight is 328 g/mol. The molecular weight excluding hydrogens is 301 g/mol. The van der Waals surface area contributed by atoms with E-state index in [4.69, 9.17) is 23.2 Å². The zero-order valence-corrected chi connectivity index (χ0v) is 14.9. The molecule has 0 spiro atoms. The van der Waals surface area contributed by atoms with Crippen molar-refractivity contribution < 1.29 is 0 Å². The number of benzene rings is 1. The minimum atomic E-state index is 0.415. The lowest BCUT2D eigenvalue weighted by molar-refractivity contribution is 0.160. The molecule has 2 rings (SSSR count). The lowest BCUT2D eigenvalue weighted by Gasteiger charge is -2.41. The predicted molar refractivity (Wildman–Crippen MR) is 93.5 cm³/mol. The zero-order chi connectivity index (χ0) is 15.5. The summed E-state index contributed by atoms with van der Waals surface area (Å²) in [7, 11) is 0. The van der Waals surface area contributed by atoms with Crippen molar-refractivity contribution in [1.29, 1.82) is 0 Å². The third kappa shape index (κ3) is 4.61. The van der Waals surface area contributed by atoms with Crippen LogP contribution in [0.2, 0.25) is 10.0 Å². The van der Waals surface area contributed by atoms with E-state index in [-0.39, 0.29) is 0 Å². The van der Waals surface area contributed by atoms with Gasteiger partial charge in [0.15, 0.2) is 0 Å². The largest absolute Gasteiger partial charge is 0.316 e. The van der Waals surface area contributed by atoms with Crippen LogP contribution in [0.3, 0.4) is 0 Å². The molecule has 2 atom stereocenters. The van der Waals surface area contributed by atoms with E-state index in [0.29, 0.717) is 27.3 Å². The highest BCUT2D eigenvalue weighted by Gasteiger charge is 2.35. The lowest BCUT2D eigenvalue weighted by Crippen LogP contribution is -2.35. The van der Waals surface area contributed by atoms with Crippen LogP contribution in [0.4, 0.5) is 0 Å². The highest BCUT2D eigenvalue weighted by Crippen LogP contribution is 2.47. The Hall–Kier alpha value is -0.240. The maximum absolute atomic E-state index is 6.23. The van der Waals surface area contributed by atoms with Gasteiger partial charge in [0, 0.05) is 0 Å². The van der Waals surface area contributed by atoms with Crippen LogP contribution in [0.5, 0.6) is 0 Å². The number of hydrogen-bond donors (Lipinski definition) is 1. The van der Waals surface area contributed by atoms with Gasteiger partial charge in [0.25, 0.3) is 0 Å². The van der Waals surface area contributed by atoms with Gasteiger partial charge in [0.2, 0.25) is 0 Å². The van der Waals surface area contributed by atoms with Gasteiger partial charge in [-0.3, -0.25) is 0 Å². The summed E-state index contributed by atoms with van der Waals surface area (Å²) in [6.45, 7) is 9.19. The Labute approximate surface area is 139 Å². The highest BCUT2D eigenvalue weighted by atomic mass is 35.5. The fourth-order valence-electron chi connectivity index (χ4n) is 3.48. The maximum Gasteiger partial charge on any atom is 0.0595 e. The van der Waals surface area contributed by atoms with Crippen LogP contribution in [-0.2, 0) is 0 Å². The van der Waals surface area contributed by atoms with E-state index >= 15 is 0 Å². The van der Waals surface area contributed by atoms with Crippen LogP contribution < -0.4 is 5.32 Å². The fourth-order valence-corrected chi connectivity index (χ4v) is 3.79. The SMILES string of the molecule is CCCNCC1CCC(C)(C)CC1c1ccc(Cl)c(Cl)c1. The summed E-state index contributed by atoms with van der Waals surface area (Å²) in [5, 5.41) is 4.93. The van der Waals surface area contributed by atoms with Crippen molar-refractivity contribution in [2.75, 3.05) is 13.1 Å². The summed E-state index contributed by atoms with van der Waals surface area (Å²) in [5.41, 5.74) is 1.76.